The first-order valence-corrected chi connectivity index (χ1v) is 7.77. The van der Waals surface area contributed by atoms with Crippen LogP contribution in [0.4, 0.5) is 4.39 Å². The zero-order chi connectivity index (χ0) is 17.2. The monoisotopic (exact) mass is 335 g/mol. The number of rotatable bonds is 10. The molecule has 0 aliphatic rings. The lowest BCUT2D eigenvalue weighted by Crippen LogP contribution is -2.32. The van der Waals surface area contributed by atoms with Crippen LogP contribution in [0.25, 0.3) is 0 Å². The van der Waals surface area contributed by atoms with Crippen LogP contribution in [-0.4, -0.2) is 42.6 Å². The minimum absolute atomic E-state index is 0.0347. The number of aliphatic hydroxyl groups is 2. The molecule has 6 heteroatoms. The van der Waals surface area contributed by atoms with Crippen LogP contribution in [0.5, 0.6) is 11.5 Å². The summed E-state index contributed by atoms with van der Waals surface area (Å²) in [6, 6.07) is 13.2. The maximum absolute atomic E-state index is 12.8. The summed E-state index contributed by atoms with van der Waals surface area (Å²) in [7, 11) is 0. The van der Waals surface area contributed by atoms with Crippen LogP contribution < -0.4 is 14.8 Å². The Kier molecular flexibility index (Phi) is 7.48. The molecular formula is C18H22FNO4. The SMILES string of the molecule is OCCNC[C@@H](O)COc1ccc(OCc2ccc(F)cc2)cc1. The third-order valence-corrected chi connectivity index (χ3v) is 3.25. The minimum atomic E-state index is -0.647. The van der Waals surface area contributed by atoms with Crippen molar-refractivity contribution in [2.24, 2.45) is 0 Å². The van der Waals surface area contributed by atoms with E-state index in [0.717, 1.165) is 5.56 Å². The second-order valence-electron chi connectivity index (χ2n) is 5.28. The van der Waals surface area contributed by atoms with Crippen molar-refractivity contribution in [3.8, 4) is 11.5 Å². The molecule has 0 bridgehead atoms. The molecule has 0 aromatic heterocycles. The van der Waals surface area contributed by atoms with E-state index in [9.17, 15) is 9.50 Å². The number of nitrogens with one attached hydrogen (secondary N) is 1. The van der Waals surface area contributed by atoms with E-state index in [2.05, 4.69) is 5.32 Å². The molecule has 5 nitrogen and oxygen atoms in total. The van der Waals surface area contributed by atoms with Crippen LogP contribution in [0.3, 0.4) is 0 Å². The van der Waals surface area contributed by atoms with Crippen LogP contribution in [0.1, 0.15) is 5.56 Å². The summed E-state index contributed by atoms with van der Waals surface area (Å²) in [5, 5.41) is 21.2. The van der Waals surface area contributed by atoms with Crippen molar-refractivity contribution in [3.05, 3.63) is 59.9 Å². The molecule has 0 amide bonds. The molecule has 130 valence electrons. The summed E-state index contributed by atoms with van der Waals surface area (Å²) in [6.07, 6.45) is -0.647. The third-order valence-electron chi connectivity index (χ3n) is 3.25. The highest BCUT2D eigenvalue weighted by Crippen LogP contribution is 2.19. The fourth-order valence-corrected chi connectivity index (χ4v) is 1.98. The summed E-state index contributed by atoms with van der Waals surface area (Å²) in [5.74, 6) is 1.04. The first-order valence-electron chi connectivity index (χ1n) is 7.77. The van der Waals surface area contributed by atoms with Gasteiger partial charge in [0.1, 0.15) is 36.6 Å². The van der Waals surface area contributed by atoms with Crippen molar-refractivity contribution in [1.82, 2.24) is 5.32 Å². The lowest BCUT2D eigenvalue weighted by atomic mass is 10.2. The molecule has 1 atom stereocenters. The van der Waals surface area contributed by atoms with Crippen LogP contribution in [-0.2, 0) is 6.61 Å². The molecule has 0 fully saturated rings. The highest BCUT2D eigenvalue weighted by molar-refractivity contribution is 5.31. The van der Waals surface area contributed by atoms with E-state index >= 15 is 0 Å². The van der Waals surface area contributed by atoms with Crippen molar-refractivity contribution < 1.29 is 24.1 Å². The lowest BCUT2D eigenvalue weighted by molar-refractivity contribution is 0.105. The van der Waals surface area contributed by atoms with Gasteiger partial charge in [0.2, 0.25) is 0 Å². The van der Waals surface area contributed by atoms with Crippen molar-refractivity contribution >= 4 is 0 Å². The van der Waals surface area contributed by atoms with E-state index in [1.807, 2.05) is 0 Å². The molecule has 0 saturated carbocycles. The first kappa shape index (κ1) is 18.2. The van der Waals surface area contributed by atoms with Gasteiger partial charge in [-0.3, -0.25) is 0 Å². The Labute approximate surface area is 140 Å². The van der Waals surface area contributed by atoms with Gasteiger partial charge in [-0.15, -0.1) is 0 Å². The summed E-state index contributed by atoms with van der Waals surface area (Å²) in [6.45, 7) is 1.35. The molecule has 0 radical (unpaired) electrons. The number of ether oxygens (including phenoxy) is 2. The predicted molar refractivity (Wildman–Crippen MR) is 88.6 cm³/mol. The van der Waals surface area contributed by atoms with Gasteiger partial charge in [-0.25, -0.2) is 4.39 Å². The second-order valence-corrected chi connectivity index (χ2v) is 5.28. The predicted octanol–water partition coefficient (Wildman–Crippen LogP) is 1.73. The summed E-state index contributed by atoms with van der Waals surface area (Å²) < 4.78 is 23.9. The van der Waals surface area contributed by atoms with E-state index in [1.54, 1.807) is 36.4 Å². The quantitative estimate of drug-likeness (QED) is 0.577. The van der Waals surface area contributed by atoms with E-state index in [0.29, 0.717) is 31.2 Å². The largest absolute Gasteiger partial charge is 0.491 e. The average molecular weight is 335 g/mol. The molecule has 3 N–H and O–H groups in total. The standard InChI is InChI=1S/C18H22FNO4/c19-15-3-1-14(2-4-15)12-23-17-5-7-18(8-6-17)24-13-16(22)11-20-9-10-21/h1-8,16,20-22H,9-13H2/t16-/m1/s1. The van der Waals surface area contributed by atoms with Gasteiger partial charge < -0.3 is 25.0 Å². The van der Waals surface area contributed by atoms with Gasteiger partial charge in [-0.05, 0) is 42.0 Å². The Morgan fingerprint density at radius 2 is 1.58 bits per heavy atom. The van der Waals surface area contributed by atoms with Crippen molar-refractivity contribution in [2.75, 3.05) is 26.3 Å². The molecule has 0 aliphatic heterocycles. The van der Waals surface area contributed by atoms with Crippen molar-refractivity contribution in [3.63, 3.8) is 0 Å². The Morgan fingerprint density at radius 1 is 0.958 bits per heavy atom. The molecule has 0 aliphatic carbocycles. The number of halogens is 1. The number of hydrogen-bond acceptors (Lipinski definition) is 5. The van der Waals surface area contributed by atoms with Gasteiger partial charge in [0.25, 0.3) is 0 Å². The zero-order valence-corrected chi connectivity index (χ0v) is 13.3. The van der Waals surface area contributed by atoms with Gasteiger partial charge in [0.05, 0.1) is 6.61 Å². The summed E-state index contributed by atoms with van der Waals surface area (Å²) in [5.41, 5.74) is 0.884. The van der Waals surface area contributed by atoms with Crippen molar-refractivity contribution in [2.45, 2.75) is 12.7 Å². The smallest absolute Gasteiger partial charge is 0.123 e. The number of aliphatic hydroxyl groups excluding tert-OH is 2. The Balaban J connectivity index is 1.73. The Hall–Kier alpha value is -2.15. The second kappa shape index (κ2) is 9.87. The normalized spacial score (nSPS) is 12.0. The number of hydrogen-bond donors (Lipinski definition) is 3. The van der Waals surface area contributed by atoms with E-state index in [4.69, 9.17) is 14.6 Å². The Bertz CT molecular complexity index is 589. The molecule has 24 heavy (non-hydrogen) atoms. The fourth-order valence-electron chi connectivity index (χ4n) is 1.98. The highest BCUT2D eigenvalue weighted by Gasteiger charge is 2.05. The van der Waals surface area contributed by atoms with E-state index in [-0.39, 0.29) is 19.0 Å². The molecule has 2 aromatic carbocycles. The first-order chi connectivity index (χ1) is 11.7. The highest BCUT2D eigenvalue weighted by atomic mass is 19.1. The molecule has 0 saturated heterocycles. The lowest BCUT2D eigenvalue weighted by Gasteiger charge is -2.13. The minimum Gasteiger partial charge on any atom is -0.491 e. The van der Waals surface area contributed by atoms with Gasteiger partial charge in [0.15, 0.2) is 0 Å². The maximum Gasteiger partial charge on any atom is 0.123 e. The van der Waals surface area contributed by atoms with Gasteiger partial charge >= 0.3 is 0 Å². The summed E-state index contributed by atoms with van der Waals surface area (Å²) >= 11 is 0. The van der Waals surface area contributed by atoms with Gasteiger partial charge in [-0.1, -0.05) is 12.1 Å². The fraction of sp³-hybridized carbons (Fsp3) is 0.333. The van der Waals surface area contributed by atoms with E-state index < -0.39 is 6.10 Å². The van der Waals surface area contributed by atoms with Crippen LogP contribution in [0.2, 0.25) is 0 Å². The van der Waals surface area contributed by atoms with Gasteiger partial charge in [0, 0.05) is 13.1 Å². The molecule has 0 unspecified atom stereocenters. The third kappa shape index (κ3) is 6.54. The average Bonchev–Trinajstić information content (AvgIpc) is 2.60. The topological polar surface area (TPSA) is 71.0 Å². The zero-order valence-electron chi connectivity index (χ0n) is 13.3. The van der Waals surface area contributed by atoms with Crippen LogP contribution in [0.15, 0.2) is 48.5 Å². The van der Waals surface area contributed by atoms with Crippen molar-refractivity contribution in [1.29, 1.82) is 0 Å². The molecule has 0 heterocycles. The Morgan fingerprint density at radius 3 is 2.21 bits per heavy atom. The molecule has 2 aromatic rings. The van der Waals surface area contributed by atoms with Crippen LogP contribution in [0, 0.1) is 5.82 Å². The molecular weight excluding hydrogens is 313 g/mol. The number of benzene rings is 2. The van der Waals surface area contributed by atoms with E-state index in [1.165, 1.54) is 12.1 Å². The van der Waals surface area contributed by atoms with Gasteiger partial charge in [-0.2, -0.15) is 0 Å². The molecule has 2 rings (SSSR count). The van der Waals surface area contributed by atoms with Crippen LogP contribution >= 0.6 is 0 Å². The maximum atomic E-state index is 12.8. The molecule has 0 spiro atoms. The summed E-state index contributed by atoms with van der Waals surface area (Å²) in [4.78, 5) is 0.